The minimum absolute atomic E-state index is 0.104. The zero-order chi connectivity index (χ0) is 12.5. The second-order valence-electron chi connectivity index (χ2n) is 4.11. The van der Waals surface area contributed by atoms with Crippen molar-refractivity contribution in [3.8, 4) is 6.07 Å². The number of benzene rings is 1. The first-order chi connectivity index (χ1) is 8.27. The SMILES string of the molecule is CC(CC(C#N)OCCCO)c1ccccc1. The fraction of sp³-hybridized carbons (Fsp3) is 0.500. The second kappa shape index (κ2) is 7.83. The third-order valence-corrected chi connectivity index (χ3v) is 2.70. The molecule has 92 valence electrons. The topological polar surface area (TPSA) is 53.2 Å². The van der Waals surface area contributed by atoms with Crippen LogP contribution in [-0.2, 0) is 4.74 Å². The molecule has 0 heterocycles. The molecule has 17 heavy (non-hydrogen) atoms. The molecule has 0 radical (unpaired) electrons. The van der Waals surface area contributed by atoms with Crippen LogP contribution in [0.15, 0.2) is 30.3 Å². The van der Waals surface area contributed by atoms with Gasteiger partial charge in [-0.05, 0) is 24.3 Å². The van der Waals surface area contributed by atoms with E-state index in [-0.39, 0.29) is 6.61 Å². The minimum atomic E-state index is -0.392. The van der Waals surface area contributed by atoms with Gasteiger partial charge in [-0.1, -0.05) is 37.3 Å². The van der Waals surface area contributed by atoms with Crippen molar-refractivity contribution in [3.63, 3.8) is 0 Å². The number of nitriles is 1. The lowest BCUT2D eigenvalue weighted by Gasteiger charge is -2.16. The van der Waals surface area contributed by atoms with Crippen molar-refractivity contribution in [2.45, 2.75) is 31.8 Å². The number of hydrogen-bond acceptors (Lipinski definition) is 3. The number of nitrogens with zero attached hydrogens (tertiary/aromatic N) is 1. The van der Waals surface area contributed by atoms with Gasteiger partial charge in [-0.25, -0.2) is 0 Å². The van der Waals surface area contributed by atoms with Crippen LogP contribution in [0.5, 0.6) is 0 Å². The summed E-state index contributed by atoms with van der Waals surface area (Å²) in [7, 11) is 0. The molecule has 0 bridgehead atoms. The molecule has 1 aromatic rings. The Hall–Kier alpha value is -1.37. The molecule has 2 atom stereocenters. The van der Waals surface area contributed by atoms with E-state index in [9.17, 15) is 0 Å². The van der Waals surface area contributed by atoms with Gasteiger partial charge in [-0.2, -0.15) is 5.26 Å². The van der Waals surface area contributed by atoms with Crippen LogP contribution in [0.1, 0.15) is 31.2 Å². The van der Waals surface area contributed by atoms with Gasteiger partial charge in [0.25, 0.3) is 0 Å². The van der Waals surface area contributed by atoms with Crippen LogP contribution < -0.4 is 0 Å². The van der Waals surface area contributed by atoms with E-state index in [1.807, 2.05) is 18.2 Å². The van der Waals surface area contributed by atoms with Gasteiger partial charge in [0.2, 0.25) is 0 Å². The highest BCUT2D eigenvalue weighted by Gasteiger charge is 2.14. The number of ether oxygens (including phenoxy) is 1. The molecular formula is C14H19NO2. The van der Waals surface area contributed by atoms with E-state index >= 15 is 0 Å². The molecule has 0 saturated carbocycles. The zero-order valence-corrected chi connectivity index (χ0v) is 10.2. The molecule has 0 aromatic heterocycles. The Morgan fingerprint density at radius 3 is 2.65 bits per heavy atom. The molecular weight excluding hydrogens is 214 g/mol. The summed E-state index contributed by atoms with van der Waals surface area (Å²) in [5.41, 5.74) is 1.22. The molecule has 0 aliphatic rings. The van der Waals surface area contributed by atoms with E-state index in [1.165, 1.54) is 5.56 Å². The summed E-state index contributed by atoms with van der Waals surface area (Å²) in [6, 6.07) is 12.3. The van der Waals surface area contributed by atoms with E-state index < -0.39 is 6.10 Å². The largest absolute Gasteiger partial charge is 0.396 e. The summed E-state index contributed by atoms with van der Waals surface area (Å²) in [5.74, 6) is 0.301. The summed E-state index contributed by atoms with van der Waals surface area (Å²) in [5, 5.41) is 17.6. The fourth-order valence-electron chi connectivity index (χ4n) is 1.69. The Morgan fingerprint density at radius 1 is 1.35 bits per heavy atom. The normalized spacial score (nSPS) is 13.9. The molecule has 0 aliphatic carbocycles. The summed E-state index contributed by atoms with van der Waals surface area (Å²) in [6.45, 7) is 2.64. The standard InChI is InChI=1S/C14H19NO2/c1-12(13-6-3-2-4-7-13)10-14(11-15)17-9-5-8-16/h2-4,6-7,12,14,16H,5,8-10H2,1H3. The smallest absolute Gasteiger partial charge is 0.144 e. The van der Waals surface area contributed by atoms with E-state index in [4.69, 9.17) is 15.1 Å². The maximum absolute atomic E-state index is 8.98. The van der Waals surface area contributed by atoms with Crippen LogP contribution in [0, 0.1) is 11.3 Å². The lowest BCUT2D eigenvalue weighted by Crippen LogP contribution is -2.15. The lowest BCUT2D eigenvalue weighted by molar-refractivity contribution is 0.0690. The average molecular weight is 233 g/mol. The number of rotatable bonds is 7. The van der Waals surface area contributed by atoms with Crippen molar-refractivity contribution in [2.75, 3.05) is 13.2 Å². The van der Waals surface area contributed by atoms with Crippen molar-refractivity contribution in [2.24, 2.45) is 0 Å². The third kappa shape index (κ3) is 4.99. The maximum Gasteiger partial charge on any atom is 0.144 e. The Morgan fingerprint density at radius 2 is 2.06 bits per heavy atom. The fourth-order valence-corrected chi connectivity index (χ4v) is 1.69. The van der Waals surface area contributed by atoms with Crippen molar-refractivity contribution >= 4 is 0 Å². The van der Waals surface area contributed by atoms with E-state index in [0.29, 0.717) is 25.4 Å². The predicted octanol–water partition coefficient (Wildman–Crippen LogP) is 2.47. The van der Waals surface area contributed by atoms with Gasteiger partial charge in [0, 0.05) is 6.61 Å². The predicted molar refractivity (Wildman–Crippen MR) is 66.5 cm³/mol. The second-order valence-corrected chi connectivity index (χ2v) is 4.11. The van der Waals surface area contributed by atoms with Gasteiger partial charge in [0.1, 0.15) is 6.10 Å². The van der Waals surface area contributed by atoms with E-state index in [2.05, 4.69) is 25.1 Å². The molecule has 0 spiro atoms. The molecule has 0 saturated heterocycles. The number of hydrogen-bond donors (Lipinski definition) is 1. The molecule has 1 rings (SSSR count). The Balaban J connectivity index is 2.43. The van der Waals surface area contributed by atoms with Gasteiger partial charge in [0.05, 0.1) is 12.7 Å². The van der Waals surface area contributed by atoms with Gasteiger partial charge < -0.3 is 9.84 Å². The molecule has 0 fully saturated rings. The highest BCUT2D eigenvalue weighted by atomic mass is 16.5. The summed E-state index contributed by atoms with van der Waals surface area (Å²) >= 11 is 0. The zero-order valence-electron chi connectivity index (χ0n) is 10.2. The van der Waals surface area contributed by atoms with Crippen LogP contribution in [0.25, 0.3) is 0 Å². The van der Waals surface area contributed by atoms with E-state index in [1.54, 1.807) is 0 Å². The molecule has 0 amide bonds. The van der Waals surface area contributed by atoms with Crippen LogP contribution in [0.4, 0.5) is 0 Å². The third-order valence-electron chi connectivity index (χ3n) is 2.70. The van der Waals surface area contributed by atoms with E-state index in [0.717, 1.165) is 0 Å². The minimum Gasteiger partial charge on any atom is -0.396 e. The Kier molecular flexibility index (Phi) is 6.31. The van der Waals surface area contributed by atoms with Crippen LogP contribution in [0.2, 0.25) is 0 Å². The van der Waals surface area contributed by atoms with Gasteiger partial charge >= 0.3 is 0 Å². The van der Waals surface area contributed by atoms with Crippen molar-refractivity contribution in [1.82, 2.24) is 0 Å². The molecule has 0 aliphatic heterocycles. The quantitative estimate of drug-likeness (QED) is 0.736. The summed E-state index contributed by atoms with van der Waals surface area (Å²) in [4.78, 5) is 0. The summed E-state index contributed by atoms with van der Waals surface area (Å²) in [6.07, 6.45) is 0.876. The Bertz CT molecular complexity index is 345. The Labute approximate surface area is 103 Å². The first-order valence-electron chi connectivity index (χ1n) is 5.95. The molecule has 1 N–H and O–H groups in total. The molecule has 3 nitrogen and oxygen atoms in total. The molecule has 2 unspecified atom stereocenters. The van der Waals surface area contributed by atoms with Gasteiger partial charge in [-0.3, -0.25) is 0 Å². The van der Waals surface area contributed by atoms with Gasteiger partial charge in [-0.15, -0.1) is 0 Å². The average Bonchev–Trinajstić information content (AvgIpc) is 2.38. The highest BCUT2D eigenvalue weighted by molar-refractivity contribution is 5.19. The van der Waals surface area contributed by atoms with Crippen LogP contribution in [0.3, 0.4) is 0 Å². The first-order valence-corrected chi connectivity index (χ1v) is 5.95. The number of aliphatic hydroxyl groups is 1. The number of aliphatic hydroxyl groups excluding tert-OH is 1. The summed E-state index contributed by atoms with van der Waals surface area (Å²) < 4.78 is 5.40. The lowest BCUT2D eigenvalue weighted by atomic mass is 9.95. The van der Waals surface area contributed by atoms with Crippen molar-refractivity contribution in [1.29, 1.82) is 5.26 Å². The highest BCUT2D eigenvalue weighted by Crippen LogP contribution is 2.21. The maximum atomic E-state index is 8.98. The van der Waals surface area contributed by atoms with Crippen molar-refractivity contribution < 1.29 is 9.84 Å². The van der Waals surface area contributed by atoms with Crippen molar-refractivity contribution in [3.05, 3.63) is 35.9 Å². The first kappa shape index (κ1) is 13.7. The molecule has 1 aromatic carbocycles. The molecule has 3 heteroatoms. The van der Waals surface area contributed by atoms with Crippen LogP contribution >= 0.6 is 0 Å². The van der Waals surface area contributed by atoms with Gasteiger partial charge in [0.15, 0.2) is 0 Å². The monoisotopic (exact) mass is 233 g/mol. The van der Waals surface area contributed by atoms with Crippen LogP contribution in [-0.4, -0.2) is 24.4 Å².